The maximum Gasteiger partial charge on any atom is 0.435 e. The van der Waals surface area contributed by atoms with Crippen LogP contribution >= 0.6 is 0 Å². The smallest absolute Gasteiger partial charge is 0.282 e. The fourth-order valence-electron chi connectivity index (χ4n) is 1.05. The van der Waals surface area contributed by atoms with Crippen LogP contribution in [0.25, 0.3) is 0 Å². The first-order valence-corrected chi connectivity index (χ1v) is 4.01. The molecule has 1 heterocycles. The van der Waals surface area contributed by atoms with Crippen molar-refractivity contribution in [1.82, 2.24) is 10.2 Å². The molecule has 0 fully saturated rings. The van der Waals surface area contributed by atoms with E-state index in [1.165, 1.54) is 0 Å². The topological polar surface area (TPSA) is 28.7 Å². The second-order valence-corrected chi connectivity index (χ2v) is 3.37. The third kappa shape index (κ3) is 2.75. The van der Waals surface area contributed by atoms with E-state index in [0.29, 0.717) is 18.0 Å². The van der Waals surface area contributed by atoms with Crippen LogP contribution in [0.4, 0.5) is 13.2 Å². The molecule has 5 heteroatoms. The number of alkyl halides is 3. The van der Waals surface area contributed by atoms with E-state index in [9.17, 15) is 13.2 Å². The molecular weight excluding hydrogens is 181 g/mol. The first-order valence-electron chi connectivity index (χ1n) is 4.01. The summed E-state index contributed by atoms with van der Waals surface area (Å²) in [7, 11) is 0. The van der Waals surface area contributed by atoms with Crippen LogP contribution in [-0.2, 0) is 12.6 Å². The summed E-state index contributed by atoms with van der Waals surface area (Å²) in [4.78, 5) is 0. The Morgan fingerprint density at radius 3 is 2.46 bits per heavy atom. The SMILES string of the molecule is CC(C)Cc1cc(C(F)(F)F)n[nH]1. The monoisotopic (exact) mass is 192 g/mol. The fraction of sp³-hybridized carbons (Fsp3) is 0.625. The average Bonchev–Trinajstić information content (AvgIpc) is 2.32. The van der Waals surface area contributed by atoms with E-state index < -0.39 is 11.9 Å². The number of halogens is 3. The zero-order chi connectivity index (χ0) is 10.1. The third-order valence-corrected chi connectivity index (χ3v) is 1.55. The molecule has 0 saturated carbocycles. The summed E-state index contributed by atoms with van der Waals surface area (Å²) < 4.78 is 36.2. The molecule has 0 bridgehead atoms. The lowest BCUT2D eigenvalue weighted by Crippen LogP contribution is -2.04. The van der Waals surface area contributed by atoms with Crippen LogP contribution in [0.3, 0.4) is 0 Å². The van der Waals surface area contributed by atoms with Crippen LogP contribution in [0, 0.1) is 5.92 Å². The molecule has 1 rings (SSSR count). The Kier molecular flexibility index (Phi) is 2.63. The van der Waals surface area contributed by atoms with E-state index in [1.807, 2.05) is 13.8 Å². The van der Waals surface area contributed by atoms with Gasteiger partial charge in [-0.2, -0.15) is 18.3 Å². The number of hydrogen-bond donors (Lipinski definition) is 1. The molecule has 0 aromatic carbocycles. The van der Waals surface area contributed by atoms with Crippen molar-refractivity contribution in [3.05, 3.63) is 17.5 Å². The summed E-state index contributed by atoms with van der Waals surface area (Å²) in [5, 5.41) is 5.56. The van der Waals surface area contributed by atoms with Gasteiger partial charge in [0.05, 0.1) is 0 Å². The van der Waals surface area contributed by atoms with Gasteiger partial charge >= 0.3 is 6.18 Å². The van der Waals surface area contributed by atoms with Crippen molar-refractivity contribution in [2.24, 2.45) is 5.92 Å². The van der Waals surface area contributed by atoms with Crippen molar-refractivity contribution in [3.8, 4) is 0 Å². The van der Waals surface area contributed by atoms with E-state index in [0.717, 1.165) is 6.07 Å². The number of rotatable bonds is 2. The number of H-pyrrole nitrogens is 1. The molecule has 0 amide bonds. The van der Waals surface area contributed by atoms with E-state index in [4.69, 9.17) is 0 Å². The van der Waals surface area contributed by atoms with Crippen molar-refractivity contribution in [3.63, 3.8) is 0 Å². The summed E-state index contributed by atoms with van der Waals surface area (Å²) in [5.41, 5.74) is -0.314. The summed E-state index contributed by atoms with van der Waals surface area (Å²) in [6.07, 6.45) is -3.76. The van der Waals surface area contributed by atoms with Gasteiger partial charge in [0.25, 0.3) is 0 Å². The van der Waals surface area contributed by atoms with Crippen molar-refractivity contribution in [2.75, 3.05) is 0 Å². The molecular formula is C8H11F3N2. The largest absolute Gasteiger partial charge is 0.435 e. The highest BCUT2D eigenvalue weighted by Gasteiger charge is 2.33. The Bertz CT molecular complexity index is 275. The van der Waals surface area contributed by atoms with Crippen LogP contribution in [-0.4, -0.2) is 10.2 Å². The average molecular weight is 192 g/mol. The molecule has 0 aliphatic heterocycles. The van der Waals surface area contributed by atoms with Gasteiger partial charge in [0.1, 0.15) is 0 Å². The van der Waals surface area contributed by atoms with Gasteiger partial charge in [-0.15, -0.1) is 0 Å². The summed E-state index contributed by atoms with van der Waals surface area (Å²) in [6.45, 7) is 3.88. The van der Waals surface area contributed by atoms with Gasteiger partial charge in [0.2, 0.25) is 0 Å². The molecule has 1 aromatic heterocycles. The second-order valence-electron chi connectivity index (χ2n) is 3.37. The van der Waals surface area contributed by atoms with Crippen molar-refractivity contribution in [2.45, 2.75) is 26.4 Å². The molecule has 1 N–H and O–H groups in total. The Morgan fingerprint density at radius 2 is 2.08 bits per heavy atom. The number of nitrogens with zero attached hydrogens (tertiary/aromatic N) is 1. The minimum Gasteiger partial charge on any atom is -0.282 e. The minimum atomic E-state index is -4.34. The highest BCUT2D eigenvalue weighted by molar-refractivity contribution is 5.11. The summed E-state index contributed by atoms with van der Waals surface area (Å²) >= 11 is 0. The quantitative estimate of drug-likeness (QED) is 0.766. The first-order chi connectivity index (χ1) is 5.89. The predicted octanol–water partition coefficient (Wildman–Crippen LogP) is 2.63. The molecule has 2 nitrogen and oxygen atoms in total. The molecule has 0 aliphatic rings. The van der Waals surface area contributed by atoms with Crippen LogP contribution in [0.2, 0.25) is 0 Å². The van der Waals surface area contributed by atoms with Gasteiger partial charge in [-0.05, 0) is 18.4 Å². The van der Waals surface area contributed by atoms with E-state index in [2.05, 4.69) is 10.2 Å². The highest BCUT2D eigenvalue weighted by Crippen LogP contribution is 2.27. The predicted molar refractivity (Wildman–Crippen MR) is 42.1 cm³/mol. The maximum atomic E-state index is 12.1. The molecule has 0 aliphatic carbocycles. The van der Waals surface area contributed by atoms with Gasteiger partial charge < -0.3 is 0 Å². The zero-order valence-electron chi connectivity index (χ0n) is 7.44. The zero-order valence-corrected chi connectivity index (χ0v) is 7.44. The Labute approximate surface area is 74.1 Å². The third-order valence-electron chi connectivity index (χ3n) is 1.55. The molecule has 0 unspecified atom stereocenters. The second kappa shape index (κ2) is 3.40. The van der Waals surface area contributed by atoms with Crippen molar-refractivity contribution >= 4 is 0 Å². The van der Waals surface area contributed by atoms with Gasteiger partial charge in [-0.25, -0.2) is 0 Å². The number of aromatic nitrogens is 2. The molecule has 0 saturated heterocycles. The number of hydrogen-bond acceptors (Lipinski definition) is 1. The normalized spacial score (nSPS) is 12.5. The summed E-state index contributed by atoms with van der Waals surface area (Å²) in [5.74, 6) is 0.321. The minimum absolute atomic E-state index is 0.321. The summed E-state index contributed by atoms with van der Waals surface area (Å²) in [6, 6.07) is 1.06. The lowest BCUT2D eigenvalue weighted by atomic mass is 10.1. The maximum absolute atomic E-state index is 12.1. The molecule has 0 spiro atoms. The van der Waals surface area contributed by atoms with Gasteiger partial charge in [-0.1, -0.05) is 13.8 Å². The molecule has 74 valence electrons. The first kappa shape index (κ1) is 10.1. The Hall–Kier alpha value is -1.00. The van der Waals surface area contributed by atoms with Crippen LogP contribution in [0.1, 0.15) is 25.2 Å². The van der Waals surface area contributed by atoms with E-state index in [-0.39, 0.29) is 0 Å². The fourth-order valence-corrected chi connectivity index (χ4v) is 1.05. The van der Waals surface area contributed by atoms with Gasteiger partial charge in [0, 0.05) is 5.69 Å². The van der Waals surface area contributed by atoms with Gasteiger partial charge in [0.15, 0.2) is 5.69 Å². The molecule has 0 atom stereocenters. The molecule has 0 radical (unpaired) electrons. The number of nitrogens with one attached hydrogen (secondary N) is 1. The van der Waals surface area contributed by atoms with E-state index in [1.54, 1.807) is 0 Å². The van der Waals surface area contributed by atoms with Gasteiger partial charge in [-0.3, -0.25) is 5.10 Å². The van der Waals surface area contributed by atoms with Crippen LogP contribution < -0.4 is 0 Å². The lowest BCUT2D eigenvalue weighted by Gasteiger charge is -2.00. The molecule has 13 heavy (non-hydrogen) atoms. The number of aromatic amines is 1. The van der Waals surface area contributed by atoms with E-state index >= 15 is 0 Å². The van der Waals surface area contributed by atoms with Crippen molar-refractivity contribution in [1.29, 1.82) is 0 Å². The Morgan fingerprint density at radius 1 is 1.46 bits per heavy atom. The lowest BCUT2D eigenvalue weighted by molar-refractivity contribution is -0.141. The molecule has 1 aromatic rings. The Balaban J connectivity index is 2.75. The van der Waals surface area contributed by atoms with Crippen LogP contribution in [0.5, 0.6) is 0 Å². The highest BCUT2D eigenvalue weighted by atomic mass is 19.4. The van der Waals surface area contributed by atoms with Crippen molar-refractivity contribution < 1.29 is 13.2 Å². The standard InChI is InChI=1S/C8H11F3N2/c1-5(2)3-6-4-7(13-12-6)8(9,10)11/h4-5H,3H2,1-2H3,(H,12,13). The van der Waals surface area contributed by atoms with Crippen LogP contribution in [0.15, 0.2) is 6.07 Å².